The van der Waals surface area contributed by atoms with E-state index in [2.05, 4.69) is 20.6 Å². The molecule has 1 saturated carbocycles. The Morgan fingerprint density at radius 1 is 1.50 bits per heavy atom. The molecule has 0 amide bonds. The smallest absolute Gasteiger partial charge is 0.224 e. The summed E-state index contributed by atoms with van der Waals surface area (Å²) in [6.45, 7) is 0.935. The third kappa shape index (κ3) is 2.76. The summed E-state index contributed by atoms with van der Waals surface area (Å²) in [6.07, 6.45) is 6.96. The van der Waals surface area contributed by atoms with Crippen molar-refractivity contribution in [2.75, 3.05) is 24.2 Å². The maximum absolute atomic E-state index is 6.00. The zero-order valence-corrected chi connectivity index (χ0v) is 10.2. The molecule has 1 aliphatic carbocycles. The Hall–Kier alpha value is -1.03. The molecule has 16 heavy (non-hydrogen) atoms. The van der Waals surface area contributed by atoms with Gasteiger partial charge in [-0.25, -0.2) is 4.98 Å². The Morgan fingerprint density at radius 2 is 2.31 bits per heavy atom. The first kappa shape index (κ1) is 11.5. The van der Waals surface area contributed by atoms with Gasteiger partial charge in [0.15, 0.2) is 0 Å². The number of anilines is 2. The number of nitrogens with zero attached hydrogens (tertiary/aromatic N) is 2. The molecule has 1 aromatic heterocycles. The van der Waals surface area contributed by atoms with Gasteiger partial charge in [0.25, 0.3) is 0 Å². The molecular formula is C11H17ClN4. The Balaban J connectivity index is 1.86. The van der Waals surface area contributed by atoms with Crippen molar-refractivity contribution >= 4 is 23.4 Å². The van der Waals surface area contributed by atoms with Gasteiger partial charge in [0.2, 0.25) is 5.95 Å². The Bertz CT molecular complexity index is 352. The number of hydrogen-bond donors (Lipinski definition) is 2. The SMILES string of the molecule is CNc1ncc(Cl)c(NCCC2CCC2)n1. The minimum atomic E-state index is 0.576. The molecule has 88 valence electrons. The maximum Gasteiger partial charge on any atom is 0.224 e. The van der Waals surface area contributed by atoms with Gasteiger partial charge in [-0.3, -0.25) is 0 Å². The second-order valence-electron chi connectivity index (χ2n) is 4.15. The molecule has 0 atom stereocenters. The first-order chi connectivity index (χ1) is 7.79. The van der Waals surface area contributed by atoms with Crippen LogP contribution in [0.1, 0.15) is 25.7 Å². The molecule has 0 spiro atoms. The Morgan fingerprint density at radius 3 is 2.94 bits per heavy atom. The van der Waals surface area contributed by atoms with Gasteiger partial charge < -0.3 is 10.6 Å². The van der Waals surface area contributed by atoms with Crippen LogP contribution in [0.25, 0.3) is 0 Å². The van der Waals surface area contributed by atoms with E-state index in [9.17, 15) is 0 Å². The van der Waals surface area contributed by atoms with Gasteiger partial charge in [-0.05, 0) is 12.3 Å². The monoisotopic (exact) mass is 240 g/mol. The average molecular weight is 241 g/mol. The number of aromatic nitrogens is 2. The van der Waals surface area contributed by atoms with E-state index in [1.807, 2.05) is 0 Å². The minimum Gasteiger partial charge on any atom is -0.369 e. The average Bonchev–Trinajstić information content (AvgIpc) is 2.24. The molecule has 0 radical (unpaired) electrons. The van der Waals surface area contributed by atoms with Crippen molar-refractivity contribution in [3.05, 3.63) is 11.2 Å². The first-order valence-corrected chi connectivity index (χ1v) is 6.11. The van der Waals surface area contributed by atoms with Gasteiger partial charge in [0, 0.05) is 13.6 Å². The summed E-state index contributed by atoms with van der Waals surface area (Å²) < 4.78 is 0. The van der Waals surface area contributed by atoms with Crippen molar-refractivity contribution in [3.8, 4) is 0 Å². The fraction of sp³-hybridized carbons (Fsp3) is 0.636. The highest BCUT2D eigenvalue weighted by Crippen LogP contribution is 2.29. The second kappa shape index (κ2) is 5.34. The van der Waals surface area contributed by atoms with E-state index < -0.39 is 0 Å². The fourth-order valence-corrected chi connectivity index (χ4v) is 1.95. The van der Waals surface area contributed by atoms with Gasteiger partial charge in [-0.1, -0.05) is 30.9 Å². The molecule has 5 heteroatoms. The largest absolute Gasteiger partial charge is 0.369 e. The van der Waals surface area contributed by atoms with E-state index in [0.29, 0.717) is 11.0 Å². The van der Waals surface area contributed by atoms with Crippen molar-refractivity contribution in [2.24, 2.45) is 5.92 Å². The minimum absolute atomic E-state index is 0.576. The number of nitrogens with one attached hydrogen (secondary N) is 2. The molecule has 1 aliphatic rings. The zero-order chi connectivity index (χ0) is 11.4. The van der Waals surface area contributed by atoms with Crippen LogP contribution in [0.2, 0.25) is 5.02 Å². The highest BCUT2D eigenvalue weighted by atomic mass is 35.5. The van der Waals surface area contributed by atoms with Crippen LogP contribution in [0.5, 0.6) is 0 Å². The third-order valence-corrected chi connectivity index (χ3v) is 3.31. The Labute approximate surface area is 101 Å². The zero-order valence-electron chi connectivity index (χ0n) is 9.46. The molecule has 0 aliphatic heterocycles. The van der Waals surface area contributed by atoms with E-state index in [4.69, 9.17) is 11.6 Å². The third-order valence-electron chi connectivity index (χ3n) is 3.04. The summed E-state index contributed by atoms with van der Waals surface area (Å²) >= 11 is 6.00. The van der Waals surface area contributed by atoms with Crippen LogP contribution in [-0.4, -0.2) is 23.6 Å². The van der Waals surface area contributed by atoms with E-state index in [1.54, 1.807) is 13.2 Å². The van der Waals surface area contributed by atoms with Crippen LogP contribution >= 0.6 is 11.6 Å². The van der Waals surface area contributed by atoms with Crippen LogP contribution in [0.4, 0.5) is 11.8 Å². The normalized spacial score (nSPS) is 15.6. The van der Waals surface area contributed by atoms with E-state index >= 15 is 0 Å². The lowest BCUT2D eigenvalue weighted by Crippen LogP contribution is -2.16. The molecule has 2 N–H and O–H groups in total. The van der Waals surface area contributed by atoms with Crippen LogP contribution in [-0.2, 0) is 0 Å². The lowest BCUT2D eigenvalue weighted by atomic mass is 9.83. The molecule has 0 unspecified atom stereocenters. The predicted octanol–water partition coefficient (Wildman–Crippen LogP) is 2.77. The molecule has 0 aromatic carbocycles. The van der Waals surface area contributed by atoms with E-state index in [1.165, 1.54) is 25.7 Å². The van der Waals surface area contributed by atoms with Gasteiger partial charge in [-0.2, -0.15) is 4.98 Å². The van der Waals surface area contributed by atoms with Gasteiger partial charge in [-0.15, -0.1) is 0 Å². The van der Waals surface area contributed by atoms with Crippen LogP contribution in [0.3, 0.4) is 0 Å². The summed E-state index contributed by atoms with van der Waals surface area (Å²) in [5.74, 6) is 2.22. The van der Waals surface area contributed by atoms with Crippen molar-refractivity contribution < 1.29 is 0 Å². The lowest BCUT2D eigenvalue weighted by Gasteiger charge is -2.25. The molecule has 2 rings (SSSR count). The van der Waals surface area contributed by atoms with Gasteiger partial charge >= 0.3 is 0 Å². The van der Waals surface area contributed by atoms with Gasteiger partial charge in [0.1, 0.15) is 10.8 Å². The maximum atomic E-state index is 6.00. The van der Waals surface area contributed by atoms with Crippen molar-refractivity contribution in [1.82, 2.24) is 9.97 Å². The first-order valence-electron chi connectivity index (χ1n) is 5.73. The molecule has 4 nitrogen and oxygen atoms in total. The quantitative estimate of drug-likeness (QED) is 0.831. The topological polar surface area (TPSA) is 49.8 Å². The van der Waals surface area contributed by atoms with Crippen LogP contribution < -0.4 is 10.6 Å². The highest BCUT2D eigenvalue weighted by Gasteiger charge is 2.16. The van der Waals surface area contributed by atoms with Crippen molar-refractivity contribution in [2.45, 2.75) is 25.7 Å². The van der Waals surface area contributed by atoms with E-state index in [-0.39, 0.29) is 0 Å². The molecule has 0 saturated heterocycles. The standard InChI is InChI=1S/C11H17ClN4/c1-13-11-15-7-9(12)10(16-11)14-6-5-8-3-2-4-8/h7-8H,2-6H2,1H3,(H2,13,14,15,16). The van der Waals surface area contributed by atoms with Crippen LogP contribution in [0, 0.1) is 5.92 Å². The summed E-state index contributed by atoms with van der Waals surface area (Å²) in [6, 6.07) is 0. The lowest BCUT2D eigenvalue weighted by molar-refractivity contribution is 0.303. The van der Waals surface area contributed by atoms with Gasteiger partial charge in [0.05, 0.1) is 6.20 Å². The van der Waals surface area contributed by atoms with E-state index in [0.717, 1.165) is 18.3 Å². The summed E-state index contributed by atoms with van der Waals surface area (Å²) in [4.78, 5) is 8.30. The summed E-state index contributed by atoms with van der Waals surface area (Å²) in [5, 5.41) is 6.74. The number of hydrogen-bond acceptors (Lipinski definition) is 4. The molecule has 1 aromatic rings. The van der Waals surface area contributed by atoms with Crippen molar-refractivity contribution in [3.63, 3.8) is 0 Å². The second-order valence-corrected chi connectivity index (χ2v) is 4.56. The fourth-order valence-electron chi connectivity index (χ4n) is 1.79. The molecule has 0 bridgehead atoms. The van der Waals surface area contributed by atoms with Crippen molar-refractivity contribution in [1.29, 1.82) is 0 Å². The predicted molar refractivity (Wildman–Crippen MR) is 67.0 cm³/mol. The Kier molecular flexibility index (Phi) is 3.83. The highest BCUT2D eigenvalue weighted by molar-refractivity contribution is 6.32. The summed E-state index contributed by atoms with van der Waals surface area (Å²) in [5.41, 5.74) is 0. The number of halogens is 1. The molecular weight excluding hydrogens is 224 g/mol. The molecule has 1 heterocycles. The molecule has 1 fully saturated rings. The number of rotatable bonds is 5. The van der Waals surface area contributed by atoms with Crippen LogP contribution in [0.15, 0.2) is 6.20 Å². The summed E-state index contributed by atoms with van der Waals surface area (Å²) in [7, 11) is 1.79.